The van der Waals surface area contributed by atoms with E-state index in [1.54, 1.807) is 18.3 Å². The molecule has 0 atom stereocenters. The number of ether oxygens (including phenoxy) is 1. The Morgan fingerprint density at radius 3 is 2.23 bits per heavy atom. The van der Waals surface area contributed by atoms with Crippen molar-refractivity contribution in [3.05, 3.63) is 33.9 Å². The first-order valence-corrected chi connectivity index (χ1v) is 7.36. The highest BCUT2D eigenvalue weighted by molar-refractivity contribution is 5.80. The van der Waals surface area contributed by atoms with Crippen molar-refractivity contribution in [3.63, 3.8) is 0 Å². The van der Waals surface area contributed by atoms with Gasteiger partial charge in [0.25, 0.3) is 0 Å². The van der Waals surface area contributed by atoms with E-state index in [4.69, 9.17) is 22.0 Å². The van der Waals surface area contributed by atoms with Gasteiger partial charge < -0.3 is 21.2 Å². The summed E-state index contributed by atoms with van der Waals surface area (Å²) >= 11 is 0. The van der Waals surface area contributed by atoms with Crippen LogP contribution in [0.3, 0.4) is 0 Å². The van der Waals surface area contributed by atoms with E-state index < -0.39 is 0 Å². The van der Waals surface area contributed by atoms with Gasteiger partial charge in [0.1, 0.15) is 0 Å². The van der Waals surface area contributed by atoms with Crippen LogP contribution in [0.25, 0.3) is 0 Å². The summed E-state index contributed by atoms with van der Waals surface area (Å²) in [5, 5.41) is 1.55. The molecule has 0 rings (SSSR count). The number of rotatable bonds is 8. The lowest BCUT2D eigenvalue weighted by molar-refractivity contribution is 0.220. The number of hydrogen-bond acceptors (Lipinski definition) is 6. The van der Waals surface area contributed by atoms with Crippen LogP contribution in [0.15, 0.2) is 38.9 Å². The number of nitrogens with zero attached hydrogens (tertiary/aromatic N) is 2. The molecule has 0 aromatic heterocycles. The number of aliphatic imine (C=N–C) groups is 1. The standard InChI is InChI=1S/C16H31N5O/c1-7-11(2)13(4)20-8-15(12(3)17)9-21(19)14(5)16(18)10-22-6/h8H,7,9-10,17-19H2,1-6H3/b13-11+,15-12-,16-14-,20-8+. The molecule has 0 aromatic carbocycles. The maximum absolute atomic E-state index is 6.06. The molecule has 0 bridgehead atoms. The number of hydrogen-bond donors (Lipinski definition) is 3. The van der Waals surface area contributed by atoms with Crippen molar-refractivity contribution >= 4 is 6.21 Å². The molecular formula is C16H31N5O. The van der Waals surface area contributed by atoms with E-state index in [0.29, 0.717) is 24.5 Å². The predicted molar refractivity (Wildman–Crippen MR) is 93.7 cm³/mol. The lowest BCUT2D eigenvalue weighted by Gasteiger charge is -2.22. The number of hydrazine groups is 1. The molecule has 6 N–H and O–H groups in total. The molecule has 0 saturated carbocycles. The van der Waals surface area contributed by atoms with E-state index in [9.17, 15) is 0 Å². The summed E-state index contributed by atoms with van der Waals surface area (Å²) in [6.07, 6.45) is 2.74. The molecule has 0 aromatic rings. The van der Waals surface area contributed by atoms with Gasteiger partial charge in [-0.3, -0.25) is 4.99 Å². The van der Waals surface area contributed by atoms with Gasteiger partial charge in [-0.1, -0.05) is 12.5 Å². The van der Waals surface area contributed by atoms with Gasteiger partial charge in [0.05, 0.1) is 18.8 Å². The Morgan fingerprint density at radius 1 is 1.18 bits per heavy atom. The van der Waals surface area contributed by atoms with Crippen LogP contribution in [0.1, 0.15) is 41.0 Å². The maximum Gasteiger partial charge on any atom is 0.0874 e. The van der Waals surface area contributed by atoms with Crippen LogP contribution < -0.4 is 17.3 Å². The minimum Gasteiger partial charge on any atom is -0.402 e. The molecule has 0 heterocycles. The first kappa shape index (κ1) is 20.2. The number of nitrogens with two attached hydrogens (primary N) is 3. The van der Waals surface area contributed by atoms with Gasteiger partial charge in [0, 0.05) is 36.0 Å². The molecule has 0 amide bonds. The summed E-state index contributed by atoms with van der Waals surface area (Å²) in [5.41, 5.74) is 17.0. The van der Waals surface area contributed by atoms with Crippen LogP contribution in [-0.2, 0) is 4.74 Å². The molecule has 0 aliphatic heterocycles. The van der Waals surface area contributed by atoms with Crippen molar-refractivity contribution in [3.8, 4) is 0 Å². The molecule has 0 fully saturated rings. The van der Waals surface area contributed by atoms with Crippen LogP contribution in [0, 0.1) is 0 Å². The average molecular weight is 309 g/mol. The first-order valence-electron chi connectivity index (χ1n) is 7.36. The molecule has 0 unspecified atom stereocenters. The van der Waals surface area contributed by atoms with Crippen molar-refractivity contribution in [2.75, 3.05) is 20.3 Å². The molecule has 0 aliphatic rings. The molecule has 22 heavy (non-hydrogen) atoms. The Hall–Kier alpha value is -1.79. The highest BCUT2D eigenvalue weighted by Crippen LogP contribution is 2.10. The van der Waals surface area contributed by atoms with Gasteiger partial charge in [0.2, 0.25) is 0 Å². The monoisotopic (exact) mass is 309 g/mol. The fourth-order valence-electron chi connectivity index (χ4n) is 1.55. The lowest BCUT2D eigenvalue weighted by Crippen LogP contribution is -2.34. The highest BCUT2D eigenvalue weighted by atomic mass is 16.5. The Bertz CT molecular complexity index is 485. The third-order valence-corrected chi connectivity index (χ3v) is 3.60. The van der Waals surface area contributed by atoms with Crippen LogP contribution in [-0.4, -0.2) is 31.5 Å². The van der Waals surface area contributed by atoms with E-state index in [2.05, 4.69) is 18.8 Å². The number of methoxy groups -OCH3 is 1. The summed E-state index contributed by atoms with van der Waals surface area (Å²) in [6, 6.07) is 0. The predicted octanol–water partition coefficient (Wildman–Crippen LogP) is 2.01. The lowest BCUT2D eigenvalue weighted by atomic mass is 10.2. The van der Waals surface area contributed by atoms with Crippen molar-refractivity contribution < 1.29 is 4.74 Å². The van der Waals surface area contributed by atoms with Crippen LogP contribution >= 0.6 is 0 Å². The summed E-state index contributed by atoms with van der Waals surface area (Å²) in [6.45, 7) is 10.6. The van der Waals surface area contributed by atoms with Gasteiger partial charge in [-0.2, -0.15) is 0 Å². The van der Waals surface area contributed by atoms with E-state index in [0.717, 1.165) is 23.4 Å². The van der Waals surface area contributed by atoms with Gasteiger partial charge in [-0.05, 0) is 34.1 Å². The Morgan fingerprint density at radius 2 is 1.77 bits per heavy atom. The maximum atomic E-state index is 6.06. The summed E-state index contributed by atoms with van der Waals surface area (Å²) in [7, 11) is 1.59. The van der Waals surface area contributed by atoms with Gasteiger partial charge in [-0.25, -0.2) is 5.84 Å². The quantitative estimate of drug-likeness (QED) is 0.361. The topological polar surface area (TPSA) is 103 Å². The second-order valence-corrected chi connectivity index (χ2v) is 5.36. The van der Waals surface area contributed by atoms with E-state index in [-0.39, 0.29) is 0 Å². The summed E-state index contributed by atoms with van der Waals surface area (Å²) in [5.74, 6) is 6.06. The average Bonchev–Trinajstić information content (AvgIpc) is 2.48. The van der Waals surface area contributed by atoms with E-state index in [1.807, 2.05) is 20.8 Å². The fourth-order valence-corrected chi connectivity index (χ4v) is 1.55. The van der Waals surface area contributed by atoms with E-state index >= 15 is 0 Å². The molecule has 0 radical (unpaired) electrons. The smallest absolute Gasteiger partial charge is 0.0874 e. The van der Waals surface area contributed by atoms with Gasteiger partial charge in [-0.15, -0.1) is 0 Å². The fraction of sp³-hybridized carbons (Fsp3) is 0.562. The summed E-state index contributed by atoms with van der Waals surface area (Å²) < 4.78 is 5.01. The largest absolute Gasteiger partial charge is 0.402 e. The zero-order valence-corrected chi connectivity index (χ0v) is 14.7. The van der Waals surface area contributed by atoms with Crippen LogP contribution in [0.5, 0.6) is 0 Å². The van der Waals surface area contributed by atoms with Gasteiger partial charge in [0.15, 0.2) is 0 Å². The second kappa shape index (κ2) is 10.0. The third kappa shape index (κ3) is 6.78. The van der Waals surface area contributed by atoms with Crippen LogP contribution in [0.2, 0.25) is 0 Å². The molecule has 0 saturated heterocycles. The molecule has 6 nitrogen and oxygen atoms in total. The Balaban J connectivity index is 5.16. The zero-order valence-electron chi connectivity index (χ0n) is 14.7. The molecular weight excluding hydrogens is 278 g/mol. The van der Waals surface area contributed by atoms with Crippen molar-refractivity contribution in [2.45, 2.75) is 41.0 Å². The Labute approximate surface area is 134 Å². The van der Waals surface area contributed by atoms with Crippen LogP contribution in [0.4, 0.5) is 0 Å². The Kier molecular flexibility index (Phi) is 9.21. The number of allylic oxidation sites excluding steroid dienone is 4. The van der Waals surface area contributed by atoms with E-state index in [1.165, 1.54) is 5.57 Å². The molecule has 126 valence electrons. The highest BCUT2D eigenvalue weighted by Gasteiger charge is 2.08. The van der Waals surface area contributed by atoms with Crippen molar-refractivity contribution in [1.29, 1.82) is 0 Å². The summed E-state index contributed by atoms with van der Waals surface area (Å²) in [4.78, 5) is 4.47. The minimum absolute atomic E-state index is 0.339. The first-order chi connectivity index (χ1) is 10.2. The second-order valence-electron chi connectivity index (χ2n) is 5.36. The van der Waals surface area contributed by atoms with Gasteiger partial charge >= 0.3 is 0 Å². The zero-order chi connectivity index (χ0) is 17.3. The normalized spacial score (nSPS) is 15.4. The SMILES string of the molecule is CC/C(C)=C(C)/N=C/C(CN(N)/C(C)=C(\N)COC)=C(\C)N. The van der Waals surface area contributed by atoms with Crippen molar-refractivity contribution in [1.82, 2.24) is 5.01 Å². The minimum atomic E-state index is 0.339. The molecule has 0 aliphatic carbocycles. The van der Waals surface area contributed by atoms with Crippen molar-refractivity contribution in [2.24, 2.45) is 22.3 Å². The molecule has 0 spiro atoms. The third-order valence-electron chi connectivity index (χ3n) is 3.60. The molecule has 6 heteroatoms.